The summed E-state index contributed by atoms with van der Waals surface area (Å²) in [5, 5.41) is 16.2. The zero-order valence-electron chi connectivity index (χ0n) is 9.89. The van der Waals surface area contributed by atoms with Gasteiger partial charge in [0.15, 0.2) is 0 Å². The first kappa shape index (κ1) is 11.1. The second-order valence-electron chi connectivity index (χ2n) is 4.79. The van der Waals surface area contributed by atoms with E-state index in [1.807, 2.05) is 35.6 Å². The molecular formula is C13H16N2OS. The third kappa shape index (κ3) is 1.96. The van der Waals surface area contributed by atoms with Gasteiger partial charge in [-0.25, -0.2) is 0 Å². The van der Waals surface area contributed by atoms with Crippen molar-refractivity contribution in [2.45, 2.75) is 18.4 Å². The lowest BCUT2D eigenvalue weighted by Crippen LogP contribution is -2.31. The van der Waals surface area contributed by atoms with E-state index in [2.05, 4.69) is 17.2 Å². The highest BCUT2D eigenvalue weighted by molar-refractivity contribution is 7.99. The van der Waals surface area contributed by atoms with E-state index in [1.54, 1.807) is 0 Å². The summed E-state index contributed by atoms with van der Waals surface area (Å²) in [6.45, 7) is 0. The number of hydrogen-bond acceptors (Lipinski definition) is 3. The van der Waals surface area contributed by atoms with Crippen LogP contribution >= 0.6 is 11.8 Å². The molecule has 4 heteroatoms. The molecule has 17 heavy (non-hydrogen) atoms. The maximum absolute atomic E-state index is 10.4. The summed E-state index contributed by atoms with van der Waals surface area (Å²) in [4.78, 5) is 0. The second kappa shape index (κ2) is 4.03. The fraction of sp³-hybridized carbons (Fsp3) is 0.462. The maximum Gasteiger partial charge on any atom is 0.0801 e. The van der Waals surface area contributed by atoms with Gasteiger partial charge in [-0.3, -0.25) is 4.68 Å². The number of fused-ring (bicyclic) bond motifs is 1. The number of hydrogen-bond donors (Lipinski definition) is 1. The molecule has 1 atom stereocenters. The molecule has 2 heterocycles. The van der Waals surface area contributed by atoms with Gasteiger partial charge in [0.05, 0.1) is 16.8 Å². The van der Waals surface area contributed by atoms with E-state index in [0.29, 0.717) is 6.42 Å². The van der Waals surface area contributed by atoms with Crippen molar-refractivity contribution in [3.63, 3.8) is 0 Å². The van der Waals surface area contributed by atoms with Crippen LogP contribution in [-0.4, -0.2) is 32.0 Å². The molecule has 1 aliphatic rings. The van der Waals surface area contributed by atoms with Crippen molar-refractivity contribution >= 4 is 22.7 Å². The topological polar surface area (TPSA) is 38.0 Å². The van der Waals surface area contributed by atoms with Crippen molar-refractivity contribution in [3.05, 3.63) is 30.0 Å². The van der Waals surface area contributed by atoms with Gasteiger partial charge < -0.3 is 5.11 Å². The zero-order chi connectivity index (χ0) is 11.9. The van der Waals surface area contributed by atoms with E-state index >= 15 is 0 Å². The van der Waals surface area contributed by atoms with Gasteiger partial charge in [-0.05, 0) is 18.2 Å². The van der Waals surface area contributed by atoms with Crippen molar-refractivity contribution < 1.29 is 5.11 Å². The molecule has 1 N–H and O–H groups in total. The van der Waals surface area contributed by atoms with Gasteiger partial charge in [-0.2, -0.15) is 16.9 Å². The number of para-hydroxylation sites is 1. The van der Waals surface area contributed by atoms with Crippen LogP contribution in [0.15, 0.2) is 24.3 Å². The van der Waals surface area contributed by atoms with E-state index in [0.717, 1.165) is 29.1 Å². The third-order valence-corrected chi connectivity index (χ3v) is 4.65. The van der Waals surface area contributed by atoms with Crippen LogP contribution in [0.3, 0.4) is 0 Å². The Bertz CT molecular complexity index is 543. The average Bonchev–Trinajstić information content (AvgIpc) is 2.86. The normalized spacial score (nSPS) is 24.6. The Hall–Kier alpha value is -1.00. The van der Waals surface area contributed by atoms with Gasteiger partial charge in [0, 0.05) is 24.6 Å². The van der Waals surface area contributed by atoms with Gasteiger partial charge in [0.25, 0.3) is 0 Å². The maximum atomic E-state index is 10.4. The Balaban J connectivity index is 2.00. The summed E-state index contributed by atoms with van der Waals surface area (Å²) >= 11 is 1.83. The highest BCUT2D eigenvalue weighted by Crippen LogP contribution is 2.32. The first-order valence-corrected chi connectivity index (χ1v) is 7.04. The molecule has 1 aromatic heterocycles. The first-order chi connectivity index (χ1) is 8.18. The molecule has 1 unspecified atom stereocenters. The molecule has 90 valence electrons. The molecule has 3 nitrogen and oxygen atoms in total. The molecular weight excluding hydrogens is 232 g/mol. The predicted octanol–water partition coefficient (Wildman–Crippen LogP) is 1.98. The minimum absolute atomic E-state index is 0.554. The number of thioether (sulfide) groups is 1. The molecule has 0 aliphatic carbocycles. The van der Waals surface area contributed by atoms with E-state index in [4.69, 9.17) is 0 Å². The molecule has 0 spiro atoms. The fourth-order valence-electron chi connectivity index (χ4n) is 2.47. The van der Waals surface area contributed by atoms with Gasteiger partial charge >= 0.3 is 0 Å². The lowest BCUT2D eigenvalue weighted by Gasteiger charge is -2.19. The van der Waals surface area contributed by atoms with Gasteiger partial charge in [-0.15, -0.1) is 0 Å². The number of nitrogens with zero attached hydrogens (tertiary/aromatic N) is 2. The van der Waals surface area contributed by atoms with Crippen LogP contribution in [0, 0.1) is 0 Å². The standard InChI is InChI=1S/C13H16N2OS/c1-15-12-5-3-2-4-10(12)11(14-15)8-13(16)6-7-17-9-13/h2-5,16H,6-9H2,1H3. The molecule has 2 aromatic rings. The van der Waals surface area contributed by atoms with E-state index in [9.17, 15) is 5.11 Å². The average molecular weight is 248 g/mol. The largest absolute Gasteiger partial charge is 0.389 e. The summed E-state index contributed by atoms with van der Waals surface area (Å²) in [5.41, 5.74) is 1.60. The molecule has 0 bridgehead atoms. The van der Waals surface area contributed by atoms with Gasteiger partial charge in [-0.1, -0.05) is 18.2 Å². The number of aryl methyl sites for hydroxylation is 1. The Morgan fingerprint density at radius 1 is 1.47 bits per heavy atom. The number of benzene rings is 1. The molecule has 1 aromatic carbocycles. The van der Waals surface area contributed by atoms with Crippen molar-refractivity contribution in [3.8, 4) is 0 Å². The van der Waals surface area contributed by atoms with Crippen LogP contribution in [0.2, 0.25) is 0 Å². The van der Waals surface area contributed by atoms with Crippen molar-refractivity contribution in [1.82, 2.24) is 9.78 Å². The Kier molecular flexibility index (Phi) is 2.64. The van der Waals surface area contributed by atoms with Crippen LogP contribution < -0.4 is 0 Å². The number of rotatable bonds is 2. The van der Waals surface area contributed by atoms with Crippen molar-refractivity contribution in [1.29, 1.82) is 0 Å². The minimum atomic E-state index is -0.554. The number of aromatic nitrogens is 2. The number of aliphatic hydroxyl groups is 1. The predicted molar refractivity (Wildman–Crippen MR) is 71.3 cm³/mol. The van der Waals surface area contributed by atoms with Crippen molar-refractivity contribution in [2.75, 3.05) is 11.5 Å². The summed E-state index contributed by atoms with van der Waals surface area (Å²) in [5.74, 6) is 1.89. The first-order valence-electron chi connectivity index (χ1n) is 5.89. The Morgan fingerprint density at radius 2 is 2.29 bits per heavy atom. The summed E-state index contributed by atoms with van der Waals surface area (Å²) in [6, 6.07) is 8.21. The van der Waals surface area contributed by atoms with Crippen LogP contribution in [0.5, 0.6) is 0 Å². The van der Waals surface area contributed by atoms with Crippen molar-refractivity contribution in [2.24, 2.45) is 7.05 Å². The Morgan fingerprint density at radius 3 is 3.06 bits per heavy atom. The van der Waals surface area contributed by atoms with Gasteiger partial charge in [0.1, 0.15) is 0 Å². The highest BCUT2D eigenvalue weighted by atomic mass is 32.2. The SMILES string of the molecule is Cn1nc(CC2(O)CCSC2)c2ccccc21. The van der Waals surface area contributed by atoms with Crippen LogP contribution in [0.1, 0.15) is 12.1 Å². The summed E-state index contributed by atoms with van der Waals surface area (Å²) in [7, 11) is 1.96. The second-order valence-corrected chi connectivity index (χ2v) is 5.90. The monoisotopic (exact) mass is 248 g/mol. The van der Waals surface area contributed by atoms with Crippen LogP contribution in [0.25, 0.3) is 10.9 Å². The Labute approximate surface area is 105 Å². The molecule has 1 fully saturated rings. The smallest absolute Gasteiger partial charge is 0.0801 e. The molecule has 0 amide bonds. The van der Waals surface area contributed by atoms with E-state index in [-0.39, 0.29) is 0 Å². The zero-order valence-corrected chi connectivity index (χ0v) is 10.7. The van der Waals surface area contributed by atoms with Crippen LogP contribution in [-0.2, 0) is 13.5 Å². The molecule has 1 aliphatic heterocycles. The summed E-state index contributed by atoms with van der Waals surface area (Å²) < 4.78 is 1.90. The highest BCUT2D eigenvalue weighted by Gasteiger charge is 2.33. The third-order valence-electron chi connectivity index (χ3n) is 3.41. The van der Waals surface area contributed by atoms with Crippen LogP contribution in [0.4, 0.5) is 0 Å². The van der Waals surface area contributed by atoms with Gasteiger partial charge in [0.2, 0.25) is 0 Å². The van der Waals surface area contributed by atoms with E-state index < -0.39 is 5.60 Å². The quantitative estimate of drug-likeness (QED) is 0.883. The molecule has 1 saturated heterocycles. The molecule has 0 saturated carbocycles. The lowest BCUT2D eigenvalue weighted by molar-refractivity contribution is 0.0678. The van der Waals surface area contributed by atoms with E-state index in [1.165, 1.54) is 5.39 Å². The molecule has 3 rings (SSSR count). The fourth-order valence-corrected chi connectivity index (χ4v) is 3.76. The minimum Gasteiger partial charge on any atom is -0.389 e. The molecule has 0 radical (unpaired) electrons. The summed E-state index contributed by atoms with van der Waals surface area (Å²) in [6.07, 6.45) is 1.55. The lowest BCUT2D eigenvalue weighted by atomic mass is 9.96.